The van der Waals surface area contributed by atoms with Gasteiger partial charge >= 0.3 is 0 Å². The second-order valence-electron chi connectivity index (χ2n) is 8.66. The van der Waals surface area contributed by atoms with Gasteiger partial charge in [-0.05, 0) is 48.7 Å². The summed E-state index contributed by atoms with van der Waals surface area (Å²) >= 11 is 0. The SMILES string of the molecule is CC(=O)CCc1ccc(OC[C@H](O)Cn2c(N(C)Cc3ccccc3)nc3ccccc32)cc1. The molecule has 1 heterocycles. The molecule has 1 aromatic heterocycles. The van der Waals surface area contributed by atoms with Crippen molar-refractivity contribution in [2.75, 3.05) is 18.6 Å². The minimum atomic E-state index is -0.709. The van der Waals surface area contributed by atoms with Gasteiger partial charge in [-0.1, -0.05) is 54.6 Å². The van der Waals surface area contributed by atoms with Crippen LogP contribution in [-0.4, -0.2) is 40.2 Å². The number of anilines is 1. The van der Waals surface area contributed by atoms with Crippen LogP contribution in [0.1, 0.15) is 24.5 Å². The fourth-order valence-electron chi connectivity index (χ4n) is 3.99. The monoisotopic (exact) mass is 457 g/mol. The van der Waals surface area contributed by atoms with E-state index in [1.807, 2.05) is 73.8 Å². The molecule has 0 radical (unpaired) electrons. The van der Waals surface area contributed by atoms with Crippen LogP contribution in [0.4, 0.5) is 5.95 Å². The summed E-state index contributed by atoms with van der Waals surface area (Å²) in [6, 6.07) is 25.9. The van der Waals surface area contributed by atoms with Crippen molar-refractivity contribution in [1.29, 1.82) is 0 Å². The smallest absolute Gasteiger partial charge is 0.206 e. The van der Waals surface area contributed by atoms with E-state index in [1.165, 1.54) is 5.56 Å². The third kappa shape index (κ3) is 6.02. The zero-order chi connectivity index (χ0) is 23.9. The van der Waals surface area contributed by atoms with Gasteiger partial charge in [0.15, 0.2) is 0 Å². The first-order valence-corrected chi connectivity index (χ1v) is 11.6. The fraction of sp³-hybridized carbons (Fsp3) is 0.286. The quantitative estimate of drug-likeness (QED) is 0.356. The van der Waals surface area contributed by atoms with E-state index in [1.54, 1.807) is 6.92 Å². The lowest BCUT2D eigenvalue weighted by Gasteiger charge is -2.22. The molecule has 0 saturated carbocycles. The number of aliphatic hydroxyl groups is 1. The molecular formula is C28H31N3O3. The van der Waals surface area contributed by atoms with Gasteiger partial charge in [-0.25, -0.2) is 4.98 Å². The van der Waals surface area contributed by atoms with Crippen molar-refractivity contribution in [3.8, 4) is 5.75 Å². The van der Waals surface area contributed by atoms with Crippen LogP contribution in [0.3, 0.4) is 0 Å². The van der Waals surface area contributed by atoms with E-state index in [0.717, 1.165) is 29.0 Å². The van der Waals surface area contributed by atoms with Crippen LogP contribution in [-0.2, 0) is 24.3 Å². The highest BCUT2D eigenvalue weighted by Gasteiger charge is 2.18. The Hall–Kier alpha value is -3.64. The zero-order valence-electron chi connectivity index (χ0n) is 19.7. The molecule has 0 fully saturated rings. The number of carbonyl (C=O) groups is 1. The van der Waals surface area contributed by atoms with Gasteiger partial charge in [0.05, 0.1) is 17.6 Å². The number of hydrogen-bond acceptors (Lipinski definition) is 5. The second-order valence-corrected chi connectivity index (χ2v) is 8.66. The van der Waals surface area contributed by atoms with Crippen molar-refractivity contribution in [1.82, 2.24) is 9.55 Å². The van der Waals surface area contributed by atoms with Crippen molar-refractivity contribution >= 4 is 22.8 Å². The van der Waals surface area contributed by atoms with Gasteiger partial charge in [-0.3, -0.25) is 0 Å². The molecule has 1 N–H and O–H groups in total. The highest BCUT2D eigenvalue weighted by Crippen LogP contribution is 2.24. The third-order valence-electron chi connectivity index (χ3n) is 5.76. The summed E-state index contributed by atoms with van der Waals surface area (Å²) in [5.74, 6) is 1.69. The van der Waals surface area contributed by atoms with Gasteiger partial charge in [0, 0.05) is 20.0 Å². The Morgan fingerprint density at radius 2 is 1.71 bits per heavy atom. The molecule has 0 saturated heterocycles. The number of aryl methyl sites for hydroxylation is 1. The minimum absolute atomic E-state index is 0.168. The van der Waals surface area contributed by atoms with E-state index in [9.17, 15) is 9.90 Å². The molecular weight excluding hydrogens is 426 g/mol. The summed E-state index contributed by atoms with van der Waals surface area (Å²) in [7, 11) is 2.02. The molecule has 3 aromatic carbocycles. The van der Waals surface area contributed by atoms with Crippen molar-refractivity contribution in [2.45, 2.75) is 39.0 Å². The predicted octanol–water partition coefficient (Wildman–Crippen LogP) is 4.63. The van der Waals surface area contributed by atoms with Crippen molar-refractivity contribution in [2.24, 2.45) is 0 Å². The van der Waals surface area contributed by atoms with Crippen LogP contribution < -0.4 is 9.64 Å². The highest BCUT2D eigenvalue weighted by molar-refractivity contribution is 5.78. The van der Waals surface area contributed by atoms with Crippen LogP contribution in [0, 0.1) is 0 Å². The number of para-hydroxylation sites is 2. The number of fused-ring (bicyclic) bond motifs is 1. The molecule has 34 heavy (non-hydrogen) atoms. The average molecular weight is 458 g/mol. The van der Waals surface area contributed by atoms with Crippen molar-refractivity contribution in [3.63, 3.8) is 0 Å². The molecule has 6 nitrogen and oxygen atoms in total. The topological polar surface area (TPSA) is 67.6 Å². The van der Waals surface area contributed by atoms with E-state index in [4.69, 9.17) is 9.72 Å². The molecule has 0 amide bonds. The fourth-order valence-corrected chi connectivity index (χ4v) is 3.99. The molecule has 0 aliphatic rings. The number of nitrogens with zero attached hydrogens (tertiary/aromatic N) is 3. The second kappa shape index (κ2) is 11.0. The van der Waals surface area contributed by atoms with Gasteiger partial charge < -0.3 is 24.1 Å². The number of hydrogen-bond donors (Lipinski definition) is 1. The lowest BCUT2D eigenvalue weighted by molar-refractivity contribution is -0.116. The maximum Gasteiger partial charge on any atom is 0.206 e. The first kappa shape index (κ1) is 23.5. The van der Waals surface area contributed by atoms with E-state index < -0.39 is 6.10 Å². The number of ketones is 1. The summed E-state index contributed by atoms with van der Waals surface area (Å²) in [5, 5.41) is 10.8. The standard InChI is InChI=1S/C28H31N3O3/c1-21(32)12-13-22-14-16-25(17-15-22)34-20-24(33)19-31-27-11-7-6-10-26(27)29-28(31)30(2)18-23-8-4-3-5-9-23/h3-11,14-17,24,33H,12-13,18-20H2,1-2H3/t24-/m1/s1. The summed E-state index contributed by atoms with van der Waals surface area (Å²) < 4.78 is 7.89. The Bertz CT molecular complexity index is 1220. The zero-order valence-corrected chi connectivity index (χ0v) is 19.7. The number of benzene rings is 3. The number of rotatable bonds is 11. The Balaban J connectivity index is 1.43. The first-order valence-electron chi connectivity index (χ1n) is 11.6. The molecule has 0 aliphatic heterocycles. The molecule has 0 bridgehead atoms. The number of aromatic nitrogens is 2. The van der Waals surface area contributed by atoms with E-state index in [2.05, 4.69) is 21.6 Å². The Morgan fingerprint density at radius 3 is 2.44 bits per heavy atom. The molecule has 4 aromatic rings. The molecule has 6 heteroatoms. The summed E-state index contributed by atoms with van der Waals surface area (Å²) in [6.07, 6.45) is 0.559. The maximum atomic E-state index is 11.2. The van der Waals surface area contributed by atoms with Gasteiger partial charge in [-0.2, -0.15) is 0 Å². The molecule has 0 aliphatic carbocycles. The van der Waals surface area contributed by atoms with Crippen LogP contribution in [0.2, 0.25) is 0 Å². The van der Waals surface area contributed by atoms with Crippen molar-refractivity contribution in [3.05, 3.63) is 90.0 Å². The Kier molecular flexibility index (Phi) is 7.60. The van der Waals surface area contributed by atoms with Gasteiger partial charge in [0.25, 0.3) is 0 Å². The normalized spacial score (nSPS) is 12.0. The van der Waals surface area contributed by atoms with Crippen molar-refractivity contribution < 1.29 is 14.6 Å². The molecule has 0 spiro atoms. The van der Waals surface area contributed by atoms with Gasteiger partial charge in [-0.15, -0.1) is 0 Å². The molecule has 0 unspecified atom stereocenters. The van der Waals surface area contributed by atoms with E-state index >= 15 is 0 Å². The third-order valence-corrected chi connectivity index (χ3v) is 5.76. The van der Waals surface area contributed by atoms with E-state index in [-0.39, 0.29) is 12.4 Å². The minimum Gasteiger partial charge on any atom is -0.491 e. The average Bonchev–Trinajstić information content (AvgIpc) is 3.21. The molecule has 1 atom stereocenters. The highest BCUT2D eigenvalue weighted by atomic mass is 16.5. The summed E-state index contributed by atoms with van der Waals surface area (Å²) in [6.45, 7) is 2.85. The van der Waals surface area contributed by atoms with Gasteiger partial charge in [0.2, 0.25) is 5.95 Å². The predicted molar refractivity (Wildman–Crippen MR) is 135 cm³/mol. The number of aliphatic hydroxyl groups excluding tert-OH is 1. The van der Waals surface area contributed by atoms with Crippen LogP contribution in [0.15, 0.2) is 78.9 Å². The van der Waals surface area contributed by atoms with Crippen LogP contribution >= 0.6 is 0 Å². The summed E-state index contributed by atoms with van der Waals surface area (Å²) in [5.41, 5.74) is 4.16. The maximum absolute atomic E-state index is 11.2. The van der Waals surface area contributed by atoms with Gasteiger partial charge in [0.1, 0.15) is 24.2 Å². The lowest BCUT2D eigenvalue weighted by Crippen LogP contribution is -2.27. The van der Waals surface area contributed by atoms with Crippen LogP contribution in [0.25, 0.3) is 11.0 Å². The summed E-state index contributed by atoms with van der Waals surface area (Å²) in [4.78, 5) is 18.1. The number of carbonyl (C=O) groups excluding carboxylic acids is 1. The van der Waals surface area contributed by atoms with Crippen LogP contribution in [0.5, 0.6) is 5.75 Å². The first-order chi connectivity index (χ1) is 16.5. The molecule has 176 valence electrons. The van der Waals surface area contributed by atoms with E-state index in [0.29, 0.717) is 25.3 Å². The Morgan fingerprint density at radius 1 is 1.00 bits per heavy atom. The number of imidazole rings is 1. The largest absolute Gasteiger partial charge is 0.491 e. The number of Topliss-reactive ketones (excluding diaryl/α,β-unsaturated/α-hetero) is 1. The number of ether oxygens (including phenoxy) is 1. The lowest BCUT2D eigenvalue weighted by atomic mass is 10.1. The Labute approximate surface area is 200 Å². The molecule has 4 rings (SSSR count).